The highest BCUT2D eigenvalue weighted by molar-refractivity contribution is 5.40. The van der Waals surface area contributed by atoms with E-state index in [1.54, 1.807) is 0 Å². The van der Waals surface area contributed by atoms with Gasteiger partial charge in [-0.05, 0) is 29.9 Å². The van der Waals surface area contributed by atoms with Crippen molar-refractivity contribution >= 4 is 0 Å². The van der Waals surface area contributed by atoms with Gasteiger partial charge in [-0.2, -0.15) is 0 Å². The Balaban J connectivity index is 1.84. The fraction of sp³-hybridized carbons (Fsp3) is 0.600. The highest BCUT2D eigenvalue weighted by Crippen LogP contribution is 2.34. The van der Waals surface area contributed by atoms with Gasteiger partial charge in [0.15, 0.2) is 0 Å². The Morgan fingerprint density at radius 2 is 2.12 bits per heavy atom. The van der Waals surface area contributed by atoms with Crippen molar-refractivity contribution in [2.24, 2.45) is 5.92 Å². The molecule has 2 atom stereocenters. The summed E-state index contributed by atoms with van der Waals surface area (Å²) in [7, 11) is 0. The van der Waals surface area contributed by atoms with Crippen LogP contribution < -0.4 is 5.32 Å². The molecule has 1 aromatic rings. The van der Waals surface area contributed by atoms with E-state index in [4.69, 9.17) is 5.11 Å². The van der Waals surface area contributed by atoms with Crippen LogP contribution in [0.2, 0.25) is 0 Å². The third-order valence-corrected chi connectivity index (χ3v) is 3.83. The Labute approximate surface area is 104 Å². The molecule has 2 nitrogen and oxygen atoms in total. The first-order valence-corrected chi connectivity index (χ1v) is 6.64. The first-order chi connectivity index (χ1) is 8.22. The second-order valence-electron chi connectivity index (χ2n) is 5.37. The molecule has 0 aliphatic heterocycles. The van der Waals surface area contributed by atoms with Crippen LogP contribution in [0.5, 0.6) is 0 Å². The largest absolute Gasteiger partial charge is 0.396 e. The number of aliphatic hydroxyl groups excluding tert-OH is 1. The van der Waals surface area contributed by atoms with Crippen molar-refractivity contribution < 1.29 is 5.11 Å². The summed E-state index contributed by atoms with van der Waals surface area (Å²) in [5, 5.41) is 12.6. The molecule has 0 amide bonds. The Bertz CT molecular complexity index is 362. The SMILES string of the molecule is CC(C)C(CCO)NCC1Cc2ccccc21. The standard InChI is InChI=1S/C15H23NO/c1-11(2)15(7-8-17)16-10-13-9-12-5-3-4-6-14(12)13/h3-6,11,13,15-17H,7-10H2,1-2H3. The van der Waals surface area contributed by atoms with Gasteiger partial charge in [-0.15, -0.1) is 0 Å². The van der Waals surface area contributed by atoms with E-state index in [0.717, 1.165) is 13.0 Å². The summed E-state index contributed by atoms with van der Waals surface area (Å²) in [5.74, 6) is 1.25. The van der Waals surface area contributed by atoms with Gasteiger partial charge in [-0.3, -0.25) is 0 Å². The molecule has 2 unspecified atom stereocenters. The molecule has 0 bridgehead atoms. The number of hydrogen-bond donors (Lipinski definition) is 2. The van der Waals surface area contributed by atoms with Gasteiger partial charge >= 0.3 is 0 Å². The summed E-state index contributed by atoms with van der Waals surface area (Å²) in [6, 6.07) is 9.14. The number of benzene rings is 1. The molecule has 94 valence electrons. The molecule has 0 radical (unpaired) electrons. The van der Waals surface area contributed by atoms with Gasteiger partial charge in [0, 0.05) is 25.1 Å². The van der Waals surface area contributed by atoms with Gasteiger partial charge in [0.25, 0.3) is 0 Å². The van der Waals surface area contributed by atoms with Gasteiger partial charge in [0.2, 0.25) is 0 Å². The van der Waals surface area contributed by atoms with Crippen LogP contribution in [0.1, 0.15) is 37.3 Å². The summed E-state index contributed by atoms with van der Waals surface area (Å²) >= 11 is 0. The third kappa shape index (κ3) is 2.88. The van der Waals surface area contributed by atoms with E-state index in [1.165, 1.54) is 17.5 Å². The molecule has 1 aliphatic carbocycles. The van der Waals surface area contributed by atoms with Crippen molar-refractivity contribution in [3.8, 4) is 0 Å². The van der Waals surface area contributed by atoms with Crippen molar-refractivity contribution in [3.63, 3.8) is 0 Å². The monoisotopic (exact) mass is 233 g/mol. The van der Waals surface area contributed by atoms with Crippen LogP contribution in [0.4, 0.5) is 0 Å². The van der Waals surface area contributed by atoms with Gasteiger partial charge < -0.3 is 10.4 Å². The van der Waals surface area contributed by atoms with Crippen LogP contribution >= 0.6 is 0 Å². The molecule has 0 heterocycles. The van der Waals surface area contributed by atoms with E-state index in [0.29, 0.717) is 17.9 Å². The number of aliphatic hydroxyl groups is 1. The maximum Gasteiger partial charge on any atom is 0.0445 e. The lowest BCUT2D eigenvalue weighted by molar-refractivity contribution is 0.242. The number of hydrogen-bond acceptors (Lipinski definition) is 2. The summed E-state index contributed by atoms with van der Waals surface area (Å²) in [5.41, 5.74) is 3.01. The van der Waals surface area contributed by atoms with Crippen LogP contribution in [0, 0.1) is 5.92 Å². The number of fused-ring (bicyclic) bond motifs is 1. The quantitative estimate of drug-likeness (QED) is 0.790. The van der Waals surface area contributed by atoms with E-state index in [9.17, 15) is 0 Å². The van der Waals surface area contributed by atoms with Gasteiger partial charge in [0.1, 0.15) is 0 Å². The minimum atomic E-state index is 0.275. The highest BCUT2D eigenvalue weighted by atomic mass is 16.3. The molecule has 2 N–H and O–H groups in total. The van der Waals surface area contributed by atoms with Gasteiger partial charge in [-0.25, -0.2) is 0 Å². The second kappa shape index (κ2) is 5.65. The van der Waals surface area contributed by atoms with Crippen LogP contribution in [-0.4, -0.2) is 24.3 Å². The smallest absolute Gasteiger partial charge is 0.0445 e. The Kier molecular flexibility index (Phi) is 4.19. The van der Waals surface area contributed by atoms with E-state index < -0.39 is 0 Å². The summed E-state index contributed by atoms with van der Waals surface area (Å²) in [4.78, 5) is 0. The number of nitrogens with one attached hydrogen (secondary N) is 1. The Morgan fingerprint density at radius 3 is 2.76 bits per heavy atom. The lowest BCUT2D eigenvalue weighted by Gasteiger charge is -2.32. The van der Waals surface area contributed by atoms with Crippen LogP contribution in [0.25, 0.3) is 0 Å². The normalized spacial score (nSPS) is 19.9. The fourth-order valence-corrected chi connectivity index (χ4v) is 2.65. The Hall–Kier alpha value is -0.860. The van der Waals surface area contributed by atoms with Gasteiger partial charge in [-0.1, -0.05) is 38.1 Å². The van der Waals surface area contributed by atoms with Crippen LogP contribution in [-0.2, 0) is 6.42 Å². The highest BCUT2D eigenvalue weighted by Gasteiger charge is 2.26. The lowest BCUT2D eigenvalue weighted by atomic mass is 9.77. The van der Waals surface area contributed by atoms with E-state index in [-0.39, 0.29) is 6.61 Å². The molecule has 17 heavy (non-hydrogen) atoms. The zero-order valence-corrected chi connectivity index (χ0v) is 10.8. The molecule has 0 aromatic heterocycles. The van der Waals surface area contributed by atoms with Crippen LogP contribution in [0.15, 0.2) is 24.3 Å². The fourth-order valence-electron chi connectivity index (χ4n) is 2.65. The molecule has 0 saturated heterocycles. The van der Waals surface area contributed by atoms with Crippen molar-refractivity contribution in [1.82, 2.24) is 5.32 Å². The van der Waals surface area contributed by atoms with Crippen molar-refractivity contribution in [3.05, 3.63) is 35.4 Å². The number of rotatable bonds is 6. The molecule has 0 fully saturated rings. The van der Waals surface area contributed by atoms with Crippen LogP contribution in [0.3, 0.4) is 0 Å². The minimum absolute atomic E-state index is 0.275. The molecule has 2 rings (SSSR count). The topological polar surface area (TPSA) is 32.3 Å². The maximum absolute atomic E-state index is 9.04. The third-order valence-electron chi connectivity index (χ3n) is 3.83. The summed E-state index contributed by atoms with van der Waals surface area (Å²) in [6.07, 6.45) is 2.05. The van der Waals surface area contributed by atoms with Crippen molar-refractivity contribution in [2.45, 2.75) is 38.6 Å². The first kappa shape index (κ1) is 12.6. The summed E-state index contributed by atoms with van der Waals surface area (Å²) in [6.45, 7) is 5.74. The van der Waals surface area contributed by atoms with E-state index in [2.05, 4.69) is 43.4 Å². The van der Waals surface area contributed by atoms with Crippen molar-refractivity contribution in [2.75, 3.05) is 13.2 Å². The average molecular weight is 233 g/mol. The zero-order chi connectivity index (χ0) is 12.3. The second-order valence-corrected chi connectivity index (χ2v) is 5.37. The maximum atomic E-state index is 9.04. The minimum Gasteiger partial charge on any atom is -0.396 e. The van der Waals surface area contributed by atoms with E-state index in [1.807, 2.05) is 0 Å². The van der Waals surface area contributed by atoms with E-state index >= 15 is 0 Å². The molecule has 0 saturated carbocycles. The molecule has 1 aromatic carbocycles. The van der Waals surface area contributed by atoms with Gasteiger partial charge in [0.05, 0.1) is 0 Å². The molecule has 0 spiro atoms. The Morgan fingerprint density at radius 1 is 1.35 bits per heavy atom. The average Bonchev–Trinajstić information content (AvgIpc) is 2.28. The molecule has 2 heteroatoms. The lowest BCUT2D eigenvalue weighted by Crippen LogP contribution is -2.39. The zero-order valence-electron chi connectivity index (χ0n) is 10.8. The predicted molar refractivity (Wildman–Crippen MR) is 71.2 cm³/mol. The first-order valence-electron chi connectivity index (χ1n) is 6.64. The summed E-state index contributed by atoms with van der Waals surface area (Å²) < 4.78 is 0. The molecular formula is C15H23NO. The predicted octanol–water partition coefficient (Wildman–Crippen LogP) is 2.32. The van der Waals surface area contributed by atoms with Crippen molar-refractivity contribution in [1.29, 1.82) is 0 Å². The molecule has 1 aliphatic rings. The molecular weight excluding hydrogens is 210 g/mol.